The van der Waals surface area contributed by atoms with Crippen molar-refractivity contribution in [2.75, 3.05) is 0 Å². The van der Waals surface area contributed by atoms with Gasteiger partial charge in [0, 0.05) is 23.9 Å². The lowest BCUT2D eigenvalue weighted by Gasteiger charge is -2.04. The van der Waals surface area contributed by atoms with Gasteiger partial charge in [0.25, 0.3) is 0 Å². The van der Waals surface area contributed by atoms with Crippen molar-refractivity contribution in [3.8, 4) is 17.3 Å². The number of hydrogen-bond acceptors (Lipinski definition) is 5. The molecule has 134 valence electrons. The first-order valence-electron chi connectivity index (χ1n) is 9.04. The summed E-state index contributed by atoms with van der Waals surface area (Å²) in [4.78, 5) is 28.8. The van der Waals surface area contributed by atoms with Gasteiger partial charge in [0.1, 0.15) is 11.6 Å². The van der Waals surface area contributed by atoms with E-state index in [4.69, 9.17) is 0 Å². The van der Waals surface area contributed by atoms with E-state index in [-0.39, 0.29) is 11.7 Å². The molecule has 0 atom stereocenters. The van der Waals surface area contributed by atoms with Crippen LogP contribution in [0.25, 0.3) is 28.0 Å². The van der Waals surface area contributed by atoms with Gasteiger partial charge in [-0.05, 0) is 30.9 Å². The molecule has 0 radical (unpaired) electrons. The maximum absolute atomic E-state index is 12.4. The summed E-state index contributed by atoms with van der Waals surface area (Å²) in [6, 6.07) is 5.94. The van der Waals surface area contributed by atoms with Crippen LogP contribution in [0.15, 0.2) is 36.8 Å². The van der Waals surface area contributed by atoms with E-state index in [9.17, 15) is 10.1 Å². The van der Waals surface area contributed by atoms with E-state index < -0.39 is 0 Å². The maximum Gasteiger partial charge on any atom is 0.169 e. The largest absolute Gasteiger partial charge is 0.344 e. The van der Waals surface area contributed by atoms with Crippen molar-refractivity contribution in [3.63, 3.8) is 0 Å². The molecular formula is C21H19N5O. The van der Waals surface area contributed by atoms with Gasteiger partial charge in [-0.25, -0.2) is 9.97 Å². The number of rotatable bonds is 5. The minimum Gasteiger partial charge on any atom is -0.344 e. The van der Waals surface area contributed by atoms with Crippen molar-refractivity contribution in [1.29, 1.82) is 5.26 Å². The zero-order valence-electron chi connectivity index (χ0n) is 15.2. The van der Waals surface area contributed by atoms with Crippen LogP contribution in [0.1, 0.15) is 42.7 Å². The van der Waals surface area contributed by atoms with E-state index in [0.717, 1.165) is 18.4 Å². The Kier molecular flexibility index (Phi) is 4.28. The van der Waals surface area contributed by atoms with Crippen LogP contribution in [0.4, 0.5) is 0 Å². The number of Topliss-reactive ketones (excluding diaryl/α,β-unsaturated/α-hetero) is 1. The Balaban J connectivity index is 1.69. The van der Waals surface area contributed by atoms with Crippen LogP contribution in [0, 0.1) is 23.2 Å². The van der Waals surface area contributed by atoms with Crippen LogP contribution < -0.4 is 0 Å². The van der Waals surface area contributed by atoms with Crippen LogP contribution in [-0.4, -0.2) is 25.7 Å². The molecule has 1 aliphatic rings. The molecule has 0 spiro atoms. The normalized spacial score (nSPS) is 14.5. The molecule has 27 heavy (non-hydrogen) atoms. The number of pyridine rings is 1. The summed E-state index contributed by atoms with van der Waals surface area (Å²) < 4.78 is 0. The second-order valence-corrected chi connectivity index (χ2v) is 7.14. The lowest BCUT2D eigenvalue weighted by Crippen LogP contribution is -2.07. The average Bonchev–Trinajstić information content (AvgIpc) is 3.42. The zero-order valence-corrected chi connectivity index (χ0v) is 15.2. The highest BCUT2D eigenvalue weighted by molar-refractivity contribution is 6.06. The van der Waals surface area contributed by atoms with E-state index in [2.05, 4.69) is 26.0 Å². The second-order valence-electron chi connectivity index (χ2n) is 7.14. The minimum absolute atomic E-state index is 0.0325. The smallest absolute Gasteiger partial charge is 0.169 e. The van der Waals surface area contributed by atoms with E-state index >= 15 is 0 Å². The Morgan fingerprint density at radius 1 is 1.30 bits per heavy atom. The maximum atomic E-state index is 12.4. The molecule has 1 fully saturated rings. The highest BCUT2D eigenvalue weighted by Crippen LogP contribution is 2.33. The highest BCUT2D eigenvalue weighted by atomic mass is 16.1. The molecule has 0 aliphatic heterocycles. The van der Waals surface area contributed by atoms with Crippen LogP contribution in [0.5, 0.6) is 0 Å². The monoisotopic (exact) mass is 357 g/mol. The zero-order chi connectivity index (χ0) is 19.0. The van der Waals surface area contributed by atoms with Crippen molar-refractivity contribution in [3.05, 3.63) is 48.1 Å². The number of aromatic amines is 1. The van der Waals surface area contributed by atoms with Gasteiger partial charge in [0.2, 0.25) is 0 Å². The first kappa shape index (κ1) is 17.1. The number of hydrogen-bond donors (Lipinski definition) is 1. The molecule has 1 aliphatic carbocycles. The summed E-state index contributed by atoms with van der Waals surface area (Å²) in [5.74, 6) is 0.433. The predicted octanol–water partition coefficient (Wildman–Crippen LogP) is 4.18. The number of H-pyrrole nitrogens is 1. The quantitative estimate of drug-likeness (QED) is 0.546. The molecule has 0 saturated heterocycles. The second kappa shape index (κ2) is 6.76. The summed E-state index contributed by atoms with van der Waals surface area (Å²) in [5, 5.41) is 9.35. The molecule has 6 nitrogen and oxygen atoms in total. The lowest BCUT2D eigenvalue weighted by atomic mass is 10.0. The Morgan fingerprint density at radius 2 is 2.11 bits per heavy atom. The Bertz CT molecular complexity index is 1080. The number of fused-ring (bicyclic) bond motifs is 1. The number of carbonyl (C=O) groups excluding carboxylic acids is 1. The summed E-state index contributed by atoms with van der Waals surface area (Å²) >= 11 is 0. The van der Waals surface area contributed by atoms with Crippen molar-refractivity contribution < 1.29 is 4.79 Å². The number of ketones is 1. The van der Waals surface area contributed by atoms with E-state index in [0.29, 0.717) is 39.6 Å². The molecule has 4 rings (SSSR count). The first-order chi connectivity index (χ1) is 13.1. The standard InChI is InChI=1S/C21H19N5O/c1-12(2)20(27)16-10-24-21-19(16)26-18(11-25-21)14-5-6-17(23-9-14)15(8-22)7-13-3-4-13/h5-7,9-13H,3-4H2,1-2H3,(H,24,25). The molecule has 0 unspecified atom stereocenters. The summed E-state index contributed by atoms with van der Waals surface area (Å²) in [6.45, 7) is 3.73. The highest BCUT2D eigenvalue weighted by Gasteiger charge is 2.20. The number of aromatic nitrogens is 4. The molecule has 3 aromatic heterocycles. The fourth-order valence-corrected chi connectivity index (χ4v) is 2.91. The number of carbonyl (C=O) groups is 1. The van der Waals surface area contributed by atoms with Gasteiger partial charge >= 0.3 is 0 Å². The van der Waals surface area contributed by atoms with Gasteiger partial charge in [0.15, 0.2) is 11.4 Å². The van der Waals surface area contributed by atoms with Crippen LogP contribution in [0.2, 0.25) is 0 Å². The third-order valence-corrected chi connectivity index (χ3v) is 4.65. The first-order valence-corrected chi connectivity index (χ1v) is 9.04. The van der Waals surface area contributed by atoms with Crippen LogP contribution >= 0.6 is 0 Å². The van der Waals surface area contributed by atoms with Gasteiger partial charge in [-0.2, -0.15) is 5.26 Å². The molecule has 1 saturated carbocycles. The molecule has 6 heteroatoms. The van der Waals surface area contributed by atoms with Crippen molar-refractivity contribution in [1.82, 2.24) is 19.9 Å². The number of nitrogens with zero attached hydrogens (tertiary/aromatic N) is 4. The Hall–Kier alpha value is -3.33. The van der Waals surface area contributed by atoms with Gasteiger partial charge in [-0.15, -0.1) is 0 Å². The number of nitriles is 1. The lowest BCUT2D eigenvalue weighted by molar-refractivity contribution is 0.0941. The van der Waals surface area contributed by atoms with Gasteiger partial charge in [-0.3, -0.25) is 9.78 Å². The molecule has 0 aromatic carbocycles. The molecular weight excluding hydrogens is 338 g/mol. The minimum atomic E-state index is -0.113. The molecule has 0 bridgehead atoms. The van der Waals surface area contributed by atoms with E-state index in [1.165, 1.54) is 0 Å². The summed E-state index contributed by atoms with van der Waals surface area (Å²) in [7, 11) is 0. The predicted molar refractivity (Wildman–Crippen MR) is 103 cm³/mol. The molecule has 1 N–H and O–H groups in total. The molecule has 0 amide bonds. The third-order valence-electron chi connectivity index (χ3n) is 4.65. The SMILES string of the molecule is CC(C)C(=O)c1c[nH]c2ncc(-c3ccc(C(C#N)=CC4CC4)nc3)nc12. The van der Waals surface area contributed by atoms with Crippen molar-refractivity contribution in [2.24, 2.45) is 11.8 Å². The Morgan fingerprint density at radius 3 is 2.74 bits per heavy atom. The fraction of sp³-hybridized carbons (Fsp3) is 0.286. The summed E-state index contributed by atoms with van der Waals surface area (Å²) in [6.07, 6.45) is 9.31. The molecule has 3 heterocycles. The fourth-order valence-electron chi connectivity index (χ4n) is 2.91. The third kappa shape index (κ3) is 3.36. The van der Waals surface area contributed by atoms with Crippen LogP contribution in [-0.2, 0) is 0 Å². The van der Waals surface area contributed by atoms with Gasteiger partial charge < -0.3 is 4.98 Å². The average molecular weight is 357 g/mol. The van der Waals surface area contributed by atoms with Crippen molar-refractivity contribution in [2.45, 2.75) is 26.7 Å². The van der Waals surface area contributed by atoms with E-state index in [1.807, 2.05) is 32.1 Å². The topological polar surface area (TPSA) is 95.3 Å². The van der Waals surface area contributed by atoms with Crippen molar-refractivity contribution >= 4 is 22.5 Å². The summed E-state index contributed by atoms with van der Waals surface area (Å²) in [5.41, 5.74) is 4.43. The van der Waals surface area contributed by atoms with E-state index in [1.54, 1.807) is 18.6 Å². The van der Waals surface area contributed by atoms with Crippen LogP contribution in [0.3, 0.4) is 0 Å². The van der Waals surface area contributed by atoms with Gasteiger partial charge in [0.05, 0.1) is 28.7 Å². The van der Waals surface area contributed by atoms with Gasteiger partial charge in [-0.1, -0.05) is 19.9 Å². The number of nitrogens with one attached hydrogen (secondary N) is 1. The number of allylic oxidation sites excluding steroid dienone is 2. The molecule has 3 aromatic rings. The Labute approximate surface area is 157 Å².